The molecule has 0 atom stereocenters. The van der Waals surface area contributed by atoms with Gasteiger partial charge in [0.25, 0.3) is 0 Å². The lowest BCUT2D eigenvalue weighted by molar-refractivity contribution is 0.0682. The van der Waals surface area contributed by atoms with Crippen molar-refractivity contribution in [3.05, 3.63) is 119 Å². The fraction of sp³-hybridized carbons (Fsp3) is 0. The van der Waals surface area contributed by atoms with Gasteiger partial charge in [-0.2, -0.15) is 0 Å². The monoisotopic (exact) mass is 418 g/mol. The number of rotatable bonds is 4. The minimum absolute atomic E-state index is 0.0178. The average molecular weight is 418 g/mol. The van der Waals surface area contributed by atoms with E-state index in [1.165, 1.54) is 18.2 Å². The zero-order valence-electron chi connectivity index (χ0n) is 16.9. The standard InChI is InChI=1S/C28H18O4/c29-27(30)23-16-17-25(28(31)32)26(18-23)24-9-5-4-8-22(24)15-12-19-10-13-21(14-11-19)20-6-2-1-3-7-20/h1-11,13-14,16-18H,(H,29,30)(H,31,32). The van der Waals surface area contributed by atoms with Crippen molar-refractivity contribution < 1.29 is 19.8 Å². The molecule has 0 aliphatic heterocycles. The third kappa shape index (κ3) is 4.43. The molecule has 4 aromatic carbocycles. The molecule has 0 aliphatic rings. The zero-order valence-corrected chi connectivity index (χ0v) is 16.9. The molecule has 4 rings (SSSR count). The summed E-state index contributed by atoms with van der Waals surface area (Å²) >= 11 is 0. The highest BCUT2D eigenvalue weighted by molar-refractivity contribution is 5.99. The Morgan fingerprint density at radius 3 is 1.94 bits per heavy atom. The van der Waals surface area contributed by atoms with Crippen molar-refractivity contribution in [1.29, 1.82) is 0 Å². The van der Waals surface area contributed by atoms with Crippen LogP contribution in [0.1, 0.15) is 31.8 Å². The van der Waals surface area contributed by atoms with Crippen LogP contribution >= 0.6 is 0 Å². The van der Waals surface area contributed by atoms with Crippen LogP contribution in [0.4, 0.5) is 0 Å². The molecule has 0 heterocycles. The van der Waals surface area contributed by atoms with Crippen LogP contribution in [-0.2, 0) is 0 Å². The smallest absolute Gasteiger partial charge is 0.336 e. The number of carbonyl (C=O) groups is 2. The first-order valence-corrected chi connectivity index (χ1v) is 9.90. The maximum atomic E-state index is 11.7. The summed E-state index contributed by atoms with van der Waals surface area (Å²) in [6.07, 6.45) is 0. The molecule has 2 N–H and O–H groups in total. The van der Waals surface area contributed by atoms with E-state index >= 15 is 0 Å². The summed E-state index contributed by atoms with van der Waals surface area (Å²) in [5.74, 6) is 3.99. The Morgan fingerprint density at radius 2 is 1.25 bits per heavy atom. The summed E-state index contributed by atoms with van der Waals surface area (Å²) in [4.78, 5) is 23.1. The molecule has 0 spiro atoms. The van der Waals surface area contributed by atoms with Crippen molar-refractivity contribution in [1.82, 2.24) is 0 Å². The second kappa shape index (κ2) is 9.03. The Morgan fingerprint density at radius 1 is 0.594 bits per heavy atom. The molecule has 0 saturated heterocycles. The van der Waals surface area contributed by atoms with E-state index in [1.807, 2.05) is 60.7 Å². The van der Waals surface area contributed by atoms with Crippen molar-refractivity contribution in [3.63, 3.8) is 0 Å². The Bertz CT molecular complexity index is 1360. The summed E-state index contributed by atoms with van der Waals surface area (Å²) in [5.41, 5.74) is 4.58. The van der Waals surface area contributed by atoms with E-state index in [0.717, 1.165) is 16.7 Å². The topological polar surface area (TPSA) is 74.6 Å². The number of hydrogen-bond acceptors (Lipinski definition) is 2. The predicted octanol–water partition coefficient (Wildman–Crippen LogP) is 5.82. The van der Waals surface area contributed by atoms with Gasteiger partial charge in [0, 0.05) is 11.1 Å². The molecule has 0 aliphatic carbocycles. The van der Waals surface area contributed by atoms with Crippen molar-refractivity contribution in [3.8, 4) is 34.1 Å². The van der Waals surface area contributed by atoms with Crippen LogP contribution in [0, 0.1) is 11.8 Å². The van der Waals surface area contributed by atoms with E-state index in [2.05, 4.69) is 11.8 Å². The summed E-state index contributed by atoms with van der Waals surface area (Å²) < 4.78 is 0. The highest BCUT2D eigenvalue weighted by Gasteiger charge is 2.16. The Hall–Kier alpha value is -4.62. The molecular weight excluding hydrogens is 400 g/mol. The molecular formula is C28H18O4. The highest BCUT2D eigenvalue weighted by Crippen LogP contribution is 2.28. The van der Waals surface area contributed by atoms with Crippen LogP contribution in [0.5, 0.6) is 0 Å². The number of aromatic carboxylic acids is 2. The molecule has 154 valence electrons. The van der Waals surface area contributed by atoms with Crippen LogP contribution in [0.3, 0.4) is 0 Å². The van der Waals surface area contributed by atoms with Gasteiger partial charge in [0.2, 0.25) is 0 Å². The van der Waals surface area contributed by atoms with Gasteiger partial charge in [-0.3, -0.25) is 0 Å². The Labute approximate surface area is 185 Å². The SMILES string of the molecule is O=C(O)c1ccc(C(=O)O)c(-c2ccccc2C#Cc2ccc(-c3ccccc3)cc2)c1. The number of hydrogen-bond donors (Lipinski definition) is 2. The quantitative estimate of drug-likeness (QED) is 0.410. The van der Waals surface area contributed by atoms with E-state index in [9.17, 15) is 19.8 Å². The van der Waals surface area contributed by atoms with Gasteiger partial charge in [0.15, 0.2) is 0 Å². The zero-order chi connectivity index (χ0) is 22.5. The third-order valence-corrected chi connectivity index (χ3v) is 5.05. The van der Waals surface area contributed by atoms with Gasteiger partial charge in [-0.1, -0.05) is 72.5 Å². The number of carboxylic acid groups (broad SMARTS) is 2. The molecule has 4 nitrogen and oxygen atoms in total. The lowest BCUT2D eigenvalue weighted by Crippen LogP contribution is -2.04. The van der Waals surface area contributed by atoms with Gasteiger partial charge >= 0.3 is 11.9 Å². The Balaban J connectivity index is 1.72. The molecule has 0 fully saturated rings. The fourth-order valence-corrected chi connectivity index (χ4v) is 3.43. The highest BCUT2D eigenvalue weighted by atomic mass is 16.4. The first-order chi connectivity index (χ1) is 15.5. The fourth-order valence-electron chi connectivity index (χ4n) is 3.43. The Kier molecular flexibility index (Phi) is 5.83. The molecule has 0 amide bonds. The molecule has 0 aromatic heterocycles. The predicted molar refractivity (Wildman–Crippen MR) is 124 cm³/mol. The summed E-state index contributed by atoms with van der Waals surface area (Å²) in [5, 5.41) is 18.9. The summed E-state index contributed by atoms with van der Waals surface area (Å²) in [6.45, 7) is 0. The largest absolute Gasteiger partial charge is 0.478 e. The number of benzene rings is 4. The first-order valence-electron chi connectivity index (χ1n) is 9.90. The van der Waals surface area contributed by atoms with E-state index in [-0.39, 0.29) is 11.1 Å². The lowest BCUT2D eigenvalue weighted by Gasteiger charge is -2.10. The minimum Gasteiger partial charge on any atom is -0.478 e. The molecule has 4 heteroatoms. The normalized spacial score (nSPS) is 10.1. The van der Waals surface area contributed by atoms with Gasteiger partial charge in [0.1, 0.15) is 0 Å². The average Bonchev–Trinajstić information content (AvgIpc) is 2.83. The van der Waals surface area contributed by atoms with E-state index < -0.39 is 11.9 Å². The van der Waals surface area contributed by atoms with Crippen LogP contribution in [0.15, 0.2) is 97.1 Å². The third-order valence-electron chi connectivity index (χ3n) is 5.05. The molecule has 0 saturated carbocycles. The van der Waals surface area contributed by atoms with Crippen LogP contribution < -0.4 is 0 Å². The van der Waals surface area contributed by atoms with E-state index in [0.29, 0.717) is 16.7 Å². The maximum absolute atomic E-state index is 11.7. The first kappa shape index (κ1) is 20.6. The van der Waals surface area contributed by atoms with Crippen LogP contribution in [0.25, 0.3) is 22.3 Å². The van der Waals surface area contributed by atoms with E-state index in [1.54, 1.807) is 18.2 Å². The summed E-state index contributed by atoms with van der Waals surface area (Å²) in [6, 6.07) is 29.0. The van der Waals surface area contributed by atoms with Crippen molar-refractivity contribution in [2.45, 2.75) is 0 Å². The van der Waals surface area contributed by atoms with Gasteiger partial charge in [-0.05, 0) is 58.7 Å². The van der Waals surface area contributed by atoms with Gasteiger partial charge in [-0.15, -0.1) is 0 Å². The van der Waals surface area contributed by atoms with Crippen molar-refractivity contribution in [2.24, 2.45) is 0 Å². The second-order valence-corrected chi connectivity index (χ2v) is 7.11. The minimum atomic E-state index is -1.13. The van der Waals surface area contributed by atoms with Crippen LogP contribution in [-0.4, -0.2) is 22.2 Å². The van der Waals surface area contributed by atoms with Crippen LogP contribution in [0.2, 0.25) is 0 Å². The second-order valence-electron chi connectivity index (χ2n) is 7.11. The van der Waals surface area contributed by atoms with Crippen molar-refractivity contribution >= 4 is 11.9 Å². The molecule has 32 heavy (non-hydrogen) atoms. The molecule has 4 aromatic rings. The van der Waals surface area contributed by atoms with E-state index in [4.69, 9.17) is 0 Å². The summed E-state index contributed by atoms with van der Waals surface area (Å²) in [7, 11) is 0. The van der Waals surface area contributed by atoms with Gasteiger partial charge in [0.05, 0.1) is 11.1 Å². The molecule has 0 radical (unpaired) electrons. The maximum Gasteiger partial charge on any atom is 0.336 e. The molecule has 0 bridgehead atoms. The molecule has 0 unspecified atom stereocenters. The number of carboxylic acids is 2. The van der Waals surface area contributed by atoms with Crippen molar-refractivity contribution in [2.75, 3.05) is 0 Å². The van der Waals surface area contributed by atoms with Gasteiger partial charge in [-0.25, -0.2) is 9.59 Å². The lowest BCUT2D eigenvalue weighted by atomic mass is 9.93. The van der Waals surface area contributed by atoms with Gasteiger partial charge < -0.3 is 10.2 Å².